The van der Waals surface area contributed by atoms with E-state index in [2.05, 4.69) is 4.90 Å². The third-order valence-electron chi connectivity index (χ3n) is 5.64. The smallest absolute Gasteiger partial charge is 0.316 e. The van der Waals surface area contributed by atoms with Gasteiger partial charge in [-0.2, -0.15) is 0 Å². The van der Waals surface area contributed by atoms with Crippen LogP contribution in [0.2, 0.25) is 0 Å². The maximum Gasteiger partial charge on any atom is 0.316 e. The highest BCUT2D eigenvalue weighted by Crippen LogP contribution is 2.40. The van der Waals surface area contributed by atoms with Gasteiger partial charge in [-0.3, -0.25) is 4.90 Å². The Kier molecular flexibility index (Phi) is 3.67. The minimum atomic E-state index is 0.170. The molecule has 0 N–H and O–H groups in total. The van der Waals surface area contributed by atoms with Crippen molar-refractivity contribution in [3.63, 3.8) is 0 Å². The summed E-state index contributed by atoms with van der Waals surface area (Å²) in [5, 5.41) is 14.2. The molecule has 1 aromatic heterocycles. The maximum atomic E-state index is 13.5. The standard InChI is InChI=1S/C21H19N3O5/c25-24-20(10-23-5-1-2-6-23)22-15-9-19-18(28-12-29-19)8-14(15)21(24)13-3-4-16-17(7-13)27-11-26-16/h3-4,7-9H,1-2,5-6,10-12H2. The van der Waals surface area contributed by atoms with E-state index in [4.69, 9.17) is 23.9 Å². The molecule has 0 unspecified atom stereocenters. The van der Waals surface area contributed by atoms with Gasteiger partial charge in [-0.15, -0.1) is 0 Å². The zero-order chi connectivity index (χ0) is 19.4. The van der Waals surface area contributed by atoms with Crippen molar-refractivity contribution >= 4 is 10.9 Å². The number of benzene rings is 2. The number of aromatic nitrogens is 2. The summed E-state index contributed by atoms with van der Waals surface area (Å²) < 4.78 is 22.9. The van der Waals surface area contributed by atoms with Gasteiger partial charge in [-0.05, 0) is 49.1 Å². The van der Waals surface area contributed by atoms with E-state index in [0.717, 1.165) is 36.2 Å². The van der Waals surface area contributed by atoms with E-state index in [1.54, 1.807) is 0 Å². The van der Waals surface area contributed by atoms with Crippen LogP contribution in [0.15, 0.2) is 30.3 Å². The van der Waals surface area contributed by atoms with Crippen molar-refractivity contribution < 1.29 is 23.7 Å². The Hall–Kier alpha value is -3.26. The second kappa shape index (κ2) is 6.38. The molecule has 0 bridgehead atoms. The third kappa shape index (κ3) is 2.71. The quantitative estimate of drug-likeness (QED) is 0.500. The van der Waals surface area contributed by atoms with Gasteiger partial charge >= 0.3 is 5.82 Å². The fraction of sp³-hybridized carbons (Fsp3) is 0.333. The molecule has 0 aliphatic carbocycles. The highest BCUT2D eigenvalue weighted by Gasteiger charge is 2.27. The van der Waals surface area contributed by atoms with Gasteiger partial charge in [0.2, 0.25) is 13.6 Å². The number of fused-ring (bicyclic) bond motifs is 3. The van der Waals surface area contributed by atoms with E-state index in [1.807, 2.05) is 30.3 Å². The maximum absolute atomic E-state index is 13.5. The molecule has 0 saturated carbocycles. The Morgan fingerprint density at radius 1 is 0.897 bits per heavy atom. The summed E-state index contributed by atoms with van der Waals surface area (Å²) in [5.74, 6) is 3.06. The van der Waals surface area contributed by atoms with Gasteiger partial charge in [0, 0.05) is 17.7 Å². The van der Waals surface area contributed by atoms with Crippen molar-refractivity contribution in [1.82, 2.24) is 9.88 Å². The van der Waals surface area contributed by atoms with Crippen LogP contribution in [0.1, 0.15) is 18.7 Å². The molecule has 4 heterocycles. The van der Waals surface area contributed by atoms with Gasteiger partial charge in [-0.25, -0.2) is 4.73 Å². The molecule has 8 nitrogen and oxygen atoms in total. The first-order valence-electron chi connectivity index (χ1n) is 9.74. The lowest BCUT2D eigenvalue weighted by Gasteiger charge is -2.18. The summed E-state index contributed by atoms with van der Waals surface area (Å²) >= 11 is 0. The summed E-state index contributed by atoms with van der Waals surface area (Å²) in [7, 11) is 0. The van der Waals surface area contributed by atoms with Gasteiger partial charge in [-0.1, -0.05) is 0 Å². The first kappa shape index (κ1) is 16.7. The van der Waals surface area contributed by atoms with Crippen LogP contribution in [0.5, 0.6) is 23.0 Å². The molecule has 0 radical (unpaired) electrons. The van der Waals surface area contributed by atoms with E-state index in [1.165, 1.54) is 0 Å². The lowest BCUT2D eigenvalue weighted by molar-refractivity contribution is -0.606. The molecule has 0 amide bonds. The predicted molar refractivity (Wildman–Crippen MR) is 103 cm³/mol. The van der Waals surface area contributed by atoms with E-state index in [-0.39, 0.29) is 13.6 Å². The Morgan fingerprint density at radius 3 is 2.38 bits per heavy atom. The fourth-order valence-corrected chi connectivity index (χ4v) is 4.19. The second-order valence-corrected chi connectivity index (χ2v) is 7.44. The van der Waals surface area contributed by atoms with Crippen LogP contribution in [0.4, 0.5) is 0 Å². The predicted octanol–water partition coefficient (Wildman–Crippen LogP) is 2.59. The molecule has 2 aromatic carbocycles. The normalized spacial score (nSPS) is 17.4. The van der Waals surface area contributed by atoms with Crippen LogP contribution < -0.4 is 23.7 Å². The van der Waals surface area contributed by atoms with Crippen molar-refractivity contribution in [2.24, 2.45) is 0 Å². The first-order valence-corrected chi connectivity index (χ1v) is 9.74. The molecule has 3 aliphatic heterocycles. The monoisotopic (exact) mass is 393 g/mol. The molecule has 148 valence electrons. The summed E-state index contributed by atoms with van der Waals surface area (Å²) in [5.41, 5.74) is 1.99. The number of rotatable bonds is 3. The average molecular weight is 393 g/mol. The van der Waals surface area contributed by atoms with Crippen LogP contribution in [0, 0.1) is 5.21 Å². The zero-order valence-corrected chi connectivity index (χ0v) is 15.7. The van der Waals surface area contributed by atoms with Crippen LogP contribution in [-0.2, 0) is 6.54 Å². The number of nitrogens with zero attached hydrogens (tertiary/aromatic N) is 3. The van der Waals surface area contributed by atoms with Gasteiger partial charge in [0.05, 0.1) is 5.39 Å². The van der Waals surface area contributed by atoms with Gasteiger partial charge in [0.1, 0.15) is 12.2 Å². The lowest BCUT2D eigenvalue weighted by Crippen LogP contribution is -2.39. The third-order valence-corrected chi connectivity index (χ3v) is 5.64. The fourth-order valence-electron chi connectivity index (χ4n) is 4.19. The SMILES string of the molecule is [O-][n+]1c(CN2CCCC2)nc2cc3c(cc2c1-c1ccc2c(c1)OCO2)OCO3. The molecule has 6 rings (SSSR count). The number of hydrogen-bond acceptors (Lipinski definition) is 7. The largest absolute Gasteiger partial charge is 0.710 e. The summed E-state index contributed by atoms with van der Waals surface area (Å²) in [6, 6.07) is 9.23. The average Bonchev–Trinajstić information content (AvgIpc) is 3.48. The van der Waals surface area contributed by atoms with Crippen molar-refractivity contribution in [1.29, 1.82) is 0 Å². The van der Waals surface area contributed by atoms with Crippen molar-refractivity contribution in [2.45, 2.75) is 19.4 Å². The van der Waals surface area contributed by atoms with Gasteiger partial charge in [0.15, 0.2) is 28.5 Å². The molecule has 0 atom stereocenters. The number of hydrogen-bond donors (Lipinski definition) is 0. The van der Waals surface area contributed by atoms with E-state index in [9.17, 15) is 5.21 Å². The molecular weight excluding hydrogens is 374 g/mol. The van der Waals surface area contributed by atoms with Crippen LogP contribution >= 0.6 is 0 Å². The minimum Gasteiger partial charge on any atom is -0.710 e. The van der Waals surface area contributed by atoms with Gasteiger partial charge in [0.25, 0.3) is 0 Å². The molecule has 0 spiro atoms. The highest BCUT2D eigenvalue weighted by atomic mass is 16.7. The van der Waals surface area contributed by atoms with E-state index >= 15 is 0 Å². The number of likely N-dealkylation sites (tertiary alicyclic amines) is 1. The summed E-state index contributed by atoms with van der Waals surface area (Å²) in [4.78, 5) is 6.95. The highest BCUT2D eigenvalue weighted by molar-refractivity contribution is 5.93. The molecule has 1 saturated heterocycles. The Bertz CT molecular complexity index is 1130. The number of ether oxygens (including phenoxy) is 4. The lowest BCUT2D eigenvalue weighted by atomic mass is 10.0. The molecule has 3 aromatic rings. The summed E-state index contributed by atoms with van der Waals surface area (Å²) in [6.07, 6.45) is 2.31. The van der Waals surface area contributed by atoms with Crippen molar-refractivity contribution in [3.05, 3.63) is 41.4 Å². The summed E-state index contributed by atoms with van der Waals surface area (Å²) in [6.45, 7) is 2.85. The molecule has 29 heavy (non-hydrogen) atoms. The van der Waals surface area contributed by atoms with Crippen LogP contribution in [0.3, 0.4) is 0 Å². The zero-order valence-electron chi connectivity index (χ0n) is 15.7. The van der Waals surface area contributed by atoms with E-state index in [0.29, 0.717) is 52.0 Å². The van der Waals surface area contributed by atoms with E-state index < -0.39 is 0 Å². The Balaban J connectivity index is 1.56. The van der Waals surface area contributed by atoms with Crippen LogP contribution in [-0.4, -0.2) is 36.6 Å². The van der Waals surface area contributed by atoms with Crippen LogP contribution in [0.25, 0.3) is 22.2 Å². The van der Waals surface area contributed by atoms with Crippen molar-refractivity contribution in [2.75, 3.05) is 26.7 Å². The molecular formula is C21H19N3O5. The van der Waals surface area contributed by atoms with Gasteiger partial charge < -0.3 is 24.2 Å². The Morgan fingerprint density at radius 2 is 1.59 bits per heavy atom. The second-order valence-electron chi connectivity index (χ2n) is 7.44. The van der Waals surface area contributed by atoms with Crippen molar-refractivity contribution in [3.8, 4) is 34.3 Å². The molecule has 1 fully saturated rings. The minimum absolute atomic E-state index is 0.170. The molecule has 3 aliphatic rings. The first-order chi connectivity index (χ1) is 14.3. The molecule has 8 heteroatoms. The topological polar surface area (TPSA) is 80.0 Å². The Labute approximate surface area is 166 Å².